The van der Waals surface area contributed by atoms with Gasteiger partial charge in [0.25, 0.3) is 0 Å². The molecule has 1 heterocycles. The summed E-state index contributed by atoms with van der Waals surface area (Å²) in [6.45, 7) is 7.43. The summed E-state index contributed by atoms with van der Waals surface area (Å²) in [5, 5.41) is 12.3. The Morgan fingerprint density at radius 1 is 1.47 bits per heavy atom. The van der Waals surface area contributed by atoms with Crippen molar-refractivity contribution in [2.24, 2.45) is 0 Å². The lowest BCUT2D eigenvalue weighted by Crippen LogP contribution is -2.30. The van der Waals surface area contributed by atoms with Gasteiger partial charge in [0, 0.05) is 38.0 Å². The van der Waals surface area contributed by atoms with Gasteiger partial charge < -0.3 is 9.84 Å². The third kappa shape index (κ3) is 5.12. The van der Waals surface area contributed by atoms with Crippen molar-refractivity contribution in [3.63, 3.8) is 0 Å². The molecule has 0 aliphatic rings. The van der Waals surface area contributed by atoms with Crippen LogP contribution >= 0.6 is 11.3 Å². The van der Waals surface area contributed by atoms with Crippen LogP contribution in [0.15, 0.2) is 5.38 Å². The lowest BCUT2D eigenvalue weighted by atomic mass is 10.2. The molecule has 1 aromatic rings. The zero-order valence-corrected chi connectivity index (χ0v) is 11.7. The number of nitrogens with zero attached hydrogens (tertiary/aromatic N) is 2. The molecule has 0 aromatic carbocycles. The third-order valence-electron chi connectivity index (χ3n) is 2.48. The molecule has 1 rings (SSSR count). The number of thiazole rings is 1. The lowest BCUT2D eigenvalue weighted by Gasteiger charge is -2.19. The van der Waals surface area contributed by atoms with Crippen molar-refractivity contribution in [2.75, 3.05) is 33.4 Å². The highest BCUT2D eigenvalue weighted by molar-refractivity contribution is 7.09. The minimum absolute atomic E-state index is 0.172. The van der Waals surface area contributed by atoms with Gasteiger partial charge in [-0.3, -0.25) is 4.90 Å². The molecular formula is C12H22N2O2S. The standard InChI is InChI=1S/C12H22N2O2S/c1-10(2)12-13-11(9-17-12)8-14(4-6-15)5-7-16-3/h9-10,15H,4-8H2,1-3H3. The van der Waals surface area contributed by atoms with Gasteiger partial charge in [-0.15, -0.1) is 11.3 Å². The summed E-state index contributed by atoms with van der Waals surface area (Å²) >= 11 is 1.71. The van der Waals surface area contributed by atoms with Crippen molar-refractivity contribution in [1.82, 2.24) is 9.88 Å². The van der Waals surface area contributed by atoms with Crippen LogP contribution in [-0.4, -0.2) is 48.4 Å². The number of aliphatic hydroxyl groups excluding tert-OH is 1. The van der Waals surface area contributed by atoms with E-state index in [9.17, 15) is 0 Å². The molecule has 0 saturated carbocycles. The van der Waals surface area contributed by atoms with E-state index in [0.717, 1.165) is 18.8 Å². The highest BCUT2D eigenvalue weighted by atomic mass is 32.1. The maximum atomic E-state index is 9.01. The van der Waals surface area contributed by atoms with Gasteiger partial charge in [0.05, 0.1) is 23.9 Å². The third-order valence-corrected chi connectivity index (χ3v) is 3.67. The molecule has 0 bridgehead atoms. The predicted octanol–water partition coefficient (Wildman–Crippen LogP) is 1.71. The molecule has 4 nitrogen and oxygen atoms in total. The lowest BCUT2D eigenvalue weighted by molar-refractivity contribution is 0.126. The first-order valence-corrected chi connectivity index (χ1v) is 6.81. The van der Waals surface area contributed by atoms with Crippen LogP contribution in [0, 0.1) is 0 Å². The van der Waals surface area contributed by atoms with Gasteiger partial charge in [-0.2, -0.15) is 0 Å². The Morgan fingerprint density at radius 3 is 2.76 bits per heavy atom. The molecule has 0 atom stereocenters. The van der Waals surface area contributed by atoms with Gasteiger partial charge >= 0.3 is 0 Å². The highest BCUT2D eigenvalue weighted by Gasteiger charge is 2.10. The van der Waals surface area contributed by atoms with Crippen LogP contribution in [0.2, 0.25) is 0 Å². The number of methoxy groups -OCH3 is 1. The molecule has 0 aliphatic carbocycles. The number of rotatable bonds is 8. The van der Waals surface area contributed by atoms with E-state index in [-0.39, 0.29) is 6.61 Å². The number of hydrogen-bond acceptors (Lipinski definition) is 5. The second-order valence-electron chi connectivity index (χ2n) is 4.32. The van der Waals surface area contributed by atoms with E-state index >= 15 is 0 Å². The van der Waals surface area contributed by atoms with Crippen molar-refractivity contribution in [1.29, 1.82) is 0 Å². The summed E-state index contributed by atoms with van der Waals surface area (Å²) in [7, 11) is 1.69. The van der Waals surface area contributed by atoms with E-state index < -0.39 is 0 Å². The molecule has 1 aromatic heterocycles. The first kappa shape index (κ1) is 14.6. The largest absolute Gasteiger partial charge is 0.395 e. The second kappa shape index (κ2) is 7.76. The van der Waals surface area contributed by atoms with Crippen molar-refractivity contribution in [3.05, 3.63) is 16.1 Å². The summed E-state index contributed by atoms with van der Waals surface area (Å²) in [6.07, 6.45) is 0. The normalized spacial score (nSPS) is 11.6. The first-order valence-electron chi connectivity index (χ1n) is 5.93. The Morgan fingerprint density at radius 2 is 2.24 bits per heavy atom. The van der Waals surface area contributed by atoms with E-state index in [1.54, 1.807) is 18.4 Å². The molecule has 0 fully saturated rings. The van der Waals surface area contributed by atoms with E-state index in [4.69, 9.17) is 9.84 Å². The summed E-state index contributed by atoms with van der Waals surface area (Å²) in [6, 6.07) is 0. The zero-order valence-electron chi connectivity index (χ0n) is 10.8. The highest BCUT2D eigenvalue weighted by Crippen LogP contribution is 2.19. The monoisotopic (exact) mass is 258 g/mol. The number of ether oxygens (including phenoxy) is 1. The van der Waals surface area contributed by atoms with Crippen LogP contribution in [0.1, 0.15) is 30.5 Å². The molecule has 0 radical (unpaired) electrons. The fraction of sp³-hybridized carbons (Fsp3) is 0.750. The molecule has 0 aliphatic heterocycles. The Hall–Kier alpha value is -0.490. The summed E-state index contributed by atoms with van der Waals surface area (Å²) < 4.78 is 5.06. The Kier molecular flexibility index (Phi) is 6.65. The smallest absolute Gasteiger partial charge is 0.0954 e. The maximum Gasteiger partial charge on any atom is 0.0954 e. The fourth-order valence-corrected chi connectivity index (χ4v) is 2.35. The van der Waals surface area contributed by atoms with Crippen LogP contribution in [0.3, 0.4) is 0 Å². The molecule has 5 heteroatoms. The van der Waals surface area contributed by atoms with E-state index in [0.29, 0.717) is 19.1 Å². The molecule has 1 N–H and O–H groups in total. The Bertz CT molecular complexity index is 315. The average Bonchev–Trinajstić information content (AvgIpc) is 2.75. The summed E-state index contributed by atoms with van der Waals surface area (Å²) in [5.74, 6) is 0.485. The molecule has 0 amide bonds. The van der Waals surface area contributed by atoms with Gasteiger partial charge in [0.2, 0.25) is 0 Å². The van der Waals surface area contributed by atoms with Crippen LogP contribution in [-0.2, 0) is 11.3 Å². The summed E-state index contributed by atoms with van der Waals surface area (Å²) in [4.78, 5) is 6.75. The molecular weight excluding hydrogens is 236 g/mol. The molecule has 98 valence electrons. The molecule has 0 saturated heterocycles. The van der Waals surface area contributed by atoms with Crippen LogP contribution in [0.5, 0.6) is 0 Å². The Labute approximate surface area is 107 Å². The van der Waals surface area contributed by atoms with Crippen molar-refractivity contribution in [2.45, 2.75) is 26.3 Å². The number of aromatic nitrogens is 1. The van der Waals surface area contributed by atoms with E-state index in [1.165, 1.54) is 5.01 Å². The van der Waals surface area contributed by atoms with Crippen LogP contribution < -0.4 is 0 Å². The quantitative estimate of drug-likeness (QED) is 0.771. The Balaban J connectivity index is 2.52. The topological polar surface area (TPSA) is 45.6 Å². The van der Waals surface area contributed by atoms with Gasteiger partial charge in [-0.1, -0.05) is 13.8 Å². The van der Waals surface area contributed by atoms with Crippen LogP contribution in [0.25, 0.3) is 0 Å². The van der Waals surface area contributed by atoms with Gasteiger partial charge in [0.15, 0.2) is 0 Å². The van der Waals surface area contributed by atoms with Crippen molar-refractivity contribution < 1.29 is 9.84 Å². The summed E-state index contributed by atoms with van der Waals surface area (Å²) in [5.41, 5.74) is 1.09. The van der Waals surface area contributed by atoms with E-state index in [2.05, 4.69) is 29.1 Å². The van der Waals surface area contributed by atoms with Crippen LogP contribution in [0.4, 0.5) is 0 Å². The fourth-order valence-electron chi connectivity index (χ4n) is 1.52. The van der Waals surface area contributed by atoms with Gasteiger partial charge in [-0.05, 0) is 0 Å². The van der Waals surface area contributed by atoms with E-state index in [1.807, 2.05) is 0 Å². The number of aliphatic hydroxyl groups is 1. The van der Waals surface area contributed by atoms with Crippen molar-refractivity contribution >= 4 is 11.3 Å². The minimum atomic E-state index is 0.172. The predicted molar refractivity (Wildman–Crippen MR) is 70.4 cm³/mol. The minimum Gasteiger partial charge on any atom is -0.395 e. The number of hydrogen-bond donors (Lipinski definition) is 1. The van der Waals surface area contributed by atoms with Crippen molar-refractivity contribution in [3.8, 4) is 0 Å². The van der Waals surface area contributed by atoms with Gasteiger partial charge in [0.1, 0.15) is 0 Å². The molecule has 0 spiro atoms. The maximum absolute atomic E-state index is 9.01. The second-order valence-corrected chi connectivity index (χ2v) is 5.21. The average molecular weight is 258 g/mol. The van der Waals surface area contributed by atoms with Gasteiger partial charge in [-0.25, -0.2) is 4.98 Å². The molecule has 17 heavy (non-hydrogen) atoms. The zero-order chi connectivity index (χ0) is 12.7. The SMILES string of the molecule is COCCN(CCO)Cc1csc(C(C)C)n1. The molecule has 0 unspecified atom stereocenters. The first-order chi connectivity index (χ1) is 8.17.